The Kier molecular flexibility index (Phi) is 64.9. The van der Waals surface area contributed by atoms with E-state index in [2.05, 4.69) is 172 Å². The normalized spacial score (nSPS) is 13.3. The molecule has 80 heavy (non-hydrogen) atoms. The van der Waals surface area contributed by atoms with Gasteiger partial charge in [0.05, 0.1) is 6.61 Å². The van der Waals surface area contributed by atoms with Gasteiger partial charge in [-0.3, -0.25) is 9.59 Å². The first-order valence-corrected chi connectivity index (χ1v) is 33.0. The standard InChI is InChI=1S/C75H122O5/c1-3-5-7-9-11-13-15-17-19-21-23-25-27-29-31-32-33-34-35-36-37-38-39-40-41-42-44-45-47-49-51-53-55-57-59-61-63-65-67-69-74(77)79-72-73(71-76)80-75(78)70-68-66-64-62-60-58-56-54-52-50-48-46-43-30-28-26-24-22-20-18-16-14-12-10-8-6-4-2/h5-8,11-14,17-20,23-26,29-31,33-34,43,48,50,54,56,73,76H,3-4,9-10,15-16,21-22,27-28,32,35-42,44-47,49,51-53,55,57-72H2,1-2H3/b7-5-,8-6-,13-11-,14-12-,19-17-,20-18-,25-23-,26-24-,31-29-,34-33-,43-30-,50-48-,56-54-. The Hall–Kier alpha value is -4.48. The largest absolute Gasteiger partial charge is 0.462 e. The number of aliphatic hydroxyl groups is 1. The summed E-state index contributed by atoms with van der Waals surface area (Å²) >= 11 is 0. The van der Waals surface area contributed by atoms with Gasteiger partial charge in [-0.1, -0.05) is 307 Å². The minimum Gasteiger partial charge on any atom is -0.462 e. The molecule has 0 aliphatic heterocycles. The number of esters is 2. The monoisotopic (exact) mass is 1100 g/mol. The van der Waals surface area contributed by atoms with Crippen LogP contribution in [0.25, 0.3) is 0 Å². The lowest BCUT2D eigenvalue weighted by Crippen LogP contribution is -2.28. The Morgan fingerprint density at radius 2 is 0.500 bits per heavy atom. The number of carbonyl (C=O) groups excluding carboxylic acids is 2. The van der Waals surface area contributed by atoms with Crippen molar-refractivity contribution in [2.24, 2.45) is 0 Å². The lowest BCUT2D eigenvalue weighted by atomic mass is 10.0. The van der Waals surface area contributed by atoms with Crippen LogP contribution in [0.15, 0.2) is 158 Å². The average molecular weight is 1100 g/mol. The molecule has 5 heteroatoms. The molecule has 0 aromatic rings. The maximum absolute atomic E-state index is 12.3. The van der Waals surface area contributed by atoms with E-state index in [1.165, 1.54) is 116 Å². The van der Waals surface area contributed by atoms with E-state index in [-0.39, 0.29) is 25.2 Å². The molecule has 0 saturated carbocycles. The van der Waals surface area contributed by atoms with Crippen molar-refractivity contribution < 1.29 is 24.2 Å². The fourth-order valence-corrected chi connectivity index (χ4v) is 8.95. The summed E-state index contributed by atoms with van der Waals surface area (Å²) in [5.74, 6) is -0.614. The van der Waals surface area contributed by atoms with E-state index in [4.69, 9.17) is 9.47 Å². The van der Waals surface area contributed by atoms with Gasteiger partial charge in [0, 0.05) is 12.8 Å². The predicted molar refractivity (Wildman–Crippen MR) is 352 cm³/mol. The molecule has 0 aliphatic rings. The lowest BCUT2D eigenvalue weighted by Gasteiger charge is -2.15. The van der Waals surface area contributed by atoms with Crippen LogP contribution >= 0.6 is 0 Å². The Balaban J connectivity index is 3.52. The zero-order valence-corrected chi connectivity index (χ0v) is 51.8. The van der Waals surface area contributed by atoms with E-state index in [1.54, 1.807) is 0 Å². The van der Waals surface area contributed by atoms with Gasteiger partial charge in [0.15, 0.2) is 6.10 Å². The smallest absolute Gasteiger partial charge is 0.306 e. The fraction of sp³-hybridized carbons (Fsp3) is 0.627. The van der Waals surface area contributed by atoms with Crippen LogP contribution in [0.4, 0.5) is 0 Å². The van der Waals surface area contributed by atoms with Gasteiger partial charge in [0.1, 0.15) is 6.61 Å². The second kappa shape index (κ2) is 68.8. The van der Waals surface area contributed by atoms with Gasteiger partial charge in [-0.15, -0.1) is 0 Å². The van der Waals surface area contributed by atoms with Crippen molar-refractivity contribution >= 4 is 11.9 Å². The van der Waals surface area contributed by atoms with Crippen molar-refractivity contribution in [3.63, 3.8) is 0 Å². The highest BCUT2D eigenvalue weighted by Crippen LogP contribution is 2.16. The molecule has 0 aromatic carbocycles. The average Bonchev–Trinajstić information content (AvgIpc) is 3.46. The van der Waals surface area contributed by atoms with E-state index in [1.807, 2.05) is 0 Å². The van der Waals surface area contributed by atoms with Gasteiger partial charge < -0.3 is 14.6 Å². The number of allylic oxidation sites excluding steroid dienone is 26. The molecule has 0 heterocycles. The number of hydrogen-bond donors (Lipinski definition) is 1. The third-order valence-corrected chi connectivity index (χ3v) is 13.8. The molecule has 0 aliphatic carbocycles. The van der Waals surface area contributed by atoms with Crippen LogP contribution in [0.2, 0.25) is 0 Å². The quantitative estimate of drug-likeness (QED) is 0.0373. The Morgan fingerprint density at radius 1 is 0.287 bits per heavy atom. The number of unbranched alkanes of at least 4 members (excludes halogenated alkanes) is 25. The summed E-state index contributed by atoms with van der Waals surface area (Å²) in [6.07, 6.45) is 105. The Morgan fingerprint density at radius 3 is 0.750 bits per heavy atom. The molecular formula is C75H122O5. The van der Waals surface area contributed by atoms with Gasteiger partial charge in [0.2, 0.25) is 0 Å². The molecule has 0 fully saturated rings. The first-order valence-electron chi connectivity index (χ1n) is 33.0. The number of aliphatic hydroxyl groups excluding tert-OH is 1. The molecule has 452 valence electrons. The molecule has 0 rings (SSSR count). The van der Waals surface area contributed by atoms with Gasteiger partial charge in [0.25, 0.3) is 0 Å². The second-order valence-electron chi connectivity index (χ2n) is 21.4. The molecule has 0 aromatic heterocycles. The van der Waals surface area contributed by atoms with Crippen LogP contribution in [0, 0.1) is 0 Å². The summed E-state index contributed by atoms with van der Waals surface area (Å²) in [7, 11) is 0. The molecule has 0 bridgehead atoms. The van der Waals surface area contributed by atoms with E-state index in [0.717, 1.165) is 141 Å². The number of hydrogen-bond acceptors (Lipinski definition) is 5. The van der Waals surface area contributed by atoms with Gasteiger partial charge in [-0.05, 0) is 122 Å². The maximum Gasteiger partial charge on any atom is 0.306 e. The van der Waals surface area contributed by atoms with E-state index in [0.29, 0.717) is 12.8 Å². The van der Waals surface area contributed by atoms with Crippen LogP contribution in [0.3, 0.4) is 0 Å². The van der Waals surface area contributed by atoms with Crippen molar-refractivity contribution in [2.75, 3.05) is 13.2 Å². The third kappa shape index (κ3) is 66.0. The zero-order chi connectivity index (χ0) is 57.6. The number of carbonyl (C=O) groups is 2. The summed E-state index contributed by atoms with van der Waals surface area (Å²) in [6.45, 7) is 3.90. The topological polar surface area (TPSA) is 72.8 Å². The summed E-state index contributed by atoms with van der Waals surface area (Å²) in [5.41, 5.74) is 0. The minimum atomic E-state index is -0.793. The highest BCUT2D eigenvalue weighted by Gasteiger charge is 2.16. The first-order chi connectivity index (χ1) is 39.6. The Bertz CT molecular complexity index is 1730. The van der Waals surface area contributed by atoms with Crippen molar-refractivity contribution in [3.05, 3.63) is 158 Å². The summed E-state index contributed by atoms with van der Waals surface area (Å²) < 4.78 is 10.7. The molecule has 5 nitrogen and oxygen atoms in total. The van der Waals surface area contributed by atoms with E-state index >= 15 is 0 Å². The first kappa shape index (κ1) is 75.5. The van der Waals surface area contributed by atoms with Crippen LogP contribution in [0.1, 0.15) is 284 Å². The predicted octanol–water partition coefficient (Wildman–Crippen LogP) is 23.1. The number of rotatable bonds is 59. The highest BCUT2D eigenvalue weighted by molar-refractivity contribution is 5.70. The molecule has 1 unspecified atom stereocenters. The van der Waals surface area contributed by atoms with Crippen molar-refractivity contribution in [2.45, 2.75) is 290 Å². The van der Waals surface area contributed by atoms with Gasteiger partial charge in [-0.2, -0.15) is 0 Å². The maximum atomic E-state index is 12.3. The van der Waals surface area contributed by atoms with Crippen molar-refractivity contribution in [1.82, 2.24) is 0 Å². The van der Waals surface area contributed by atoms with E-state index in [9.17, 15) is 14.7 Å². The second-order valence-corrected chi connectivity index (χ2v) is 21.4. The minimum absolute atomic E-state index is 0.0805. The molecule has 0 spiro atoms. The molecule has 0 saturated heterocycles. The molecule has 1 N–H and O–H groups in total. The van der Waals surface area contributed by atoms with Crippen molar-refractivity contribution in [3.8, 4) is 0 Å². The lowest BCUT2D eigenvalue weighted by molar-refractivity contribution is -0.161. The molecule has 0 amide bonds. The SMILES string of the molecule is CC/C=C\C/C=C\C/C=C\C/C=C\C/C=C\C/C=C\C/C=C\CCCCCCCC(=O)OC(CO)COC(=O)CCCCCCCCCCCCCCCCCCCCCC/C=C\C/C=C\C/C=C\C/C=C\C/C=C\C/C=C\CC. The molecule has 0 radical (unpaired) electrons. The third-order valence-electron chi connectivity index (χ3n) is 13.8. The summed E-state index contributed by atoms with van der Waals surface area (Å²) in [4.78, 5) is 24.6. The van der Waals surface area contributed by atoms with Crippen LogP contribution in [-0.4, -0.2) is 36.4 Å². The number of ether oxygens (including phenoxy) is 2. The van der Waals surface area contributed by atoms with Crippen LogP contribution in [0.5, 0.6) is 0 Å². The summed E-state index contributed by atoms with van der Waals surface area (Å²) in [5, 5.41) is 9.69. The van der Waals surface area contributed by atoms with Gasteiger partial charge >= 0.3 is 11.9 Å². The zero-order valence-electron chi connectivity index (χ0n) is 51.8. The van der Waals surface area contributed by atoms with Crippen molar-refractivity contribution in [1.29, 1.82) is 0 Å². The summed E-state index contributed by atoms with van der Waals surface area (Å²) in [6, 6.07) is 0. The fourth-order valence-electron chi connectivity index (χ4n) is 8.95. The molecular weight excluding hydrogens is 981 g/mol. The van der Waals surface area contributed by atoms with Gasteiger partial charge in [-0.25, -0.2) is 0 Å². The molecule has 1 atom stereocenters. The van der Waals surface area contributed by atoms with E-state index < -0.39 is 6.10 Å². The van der Waals surface area contributed by atoms with Crippen LogP contribution in [-0.2, 0) is 19.1 Å². The highest BCUT2D eigenvalue weighted by atomic mass is 16.6. The van der Waals surface area contributed by atoms with Crippen LogP contribution < -0.4 is 0 Å². The Labute approximate surface area is 494 Å².